The normalized spacial score (nSPS) is 33.6. The quantitative estimate of drug-likeness (QED) is 0.584. The molecule has 146 valence electrons. The highest BCUT2D eigenvalue weighted by atomic mass is 16.7. The van der Waals surface area contributed by atoms with E-state index in [1.807, 2.05) is 0 Å². The third-order valence-corrected chi connectivity index (χ3v) is 6.43. The van der Waals surface area contributed by atoms with Crippen molar-refractivity contribution in [3.63, 3.8) is 0 Å². The van der Waals surface area contributed by atoms with Crippen LogP contribution in [0.2, 0.25) is 0 Å². The maximum atomic E-state index is 9.92. The second kappa shape index (κ2) is 8.28. The number of nitriles is 3. The van der Waals surface area contributed by atoms with Gasteiger partial charge in [0, 0.05) is 6.92 Å². The minimum absolute atomic E-state index is 0.318. The average molecular weight is 370 g/mol. The molecule has 2 heterocycles. The first-order valence-corrected chi connectivity index (χ1v) is 10.1. The third kappa shape index (κ3) is 3.19. The predicted molar refractivity (Wildman–Crippen MR) is 100 cm³/mol. The highest BCUT2D eigenvalue weighted by Gasteiger charge is 2.77. The van der Waals surface area contributed by atoms with Crippen molar-refractivity contribution in [2.75, 3.05) is 0 Å². The Morgan fingerprint density at radius 3 is 2.04 bits per heavy atom. The van der Waals surface area contributed by atoms with Gasteiger partial charge >= 0.3 is 0 Å². The number of ether oxygens (including phenoxy) is 2. The molecule has 6 nitrogen and oxygen atoms in total. The van der Waals surface area contributed by atoms with Gasteiger partial charge in [-0.15, -0.1) is 0 Å². The van der Waals surface area contributed by atoms with Gasteiger partial charge in [-0.2, -0.15) is 15.8 Å². The summed E-state index contributed by atoms with van der Waals surface area (Å²) in [5.41, 5.74) is -3.32. The fourth-order valence-corrected chi connectivity index (χ4v) is 4.55. The van der Waals surface area contributed by atoms with Gasteiger partial charge < -0.3 is 9.47 Å². The topological polar surface area (TPSA) is 114 Å². The molecule has 2 rings (SSSR count). The first kappa shape index (κ1) is 21.2. The SMILES string of the molecule is CCCCCCCCCCC1OC2(C)OC(=N)C(C#N)(C2C)C1(C#N)C#N. The highest BCUT2D eigenvalue weighted by Crippen LogP contribution is 2.62. The monoisotopic (exact) mass is 370 g/mol. The molecule has 0 amide bonds. The number of hydrogen-bond donors (Lipinski definition) is 1. The minimum Gasteiger partial charge on any atom is -0.448 e. The first-order chi connectivity index (χ1) is 12.9. The van der Waals surface area contributed by atoms with Crippen LogP contribution >= 0.6 is 0 Å². The van der Waals surface area contributed by atoms with Crippen LogP contribution in [0, 0.1) is 56.2 Å². The molecule has 2 bridgehead atoms. The summed E-state index contributed by atoms with van der Waals surface area (Å²) in [5, 5.41) is 38.0. The molecule has 6 heteroatoms. The van der Waals surface area contributed by atoms with E-state index in [-0.39, 0.29) is 5.90 Å². The lowest BCUT2D eigenvalue weighted by atomic mass is 9.54. The van der Waals surface area contributed by atoms with Crippen LogP contribution in [0.25, 0.3) is 0 Å². The second-order valence-corrected chi connectivity index (χ2v) is 7.99. The van der Waals surface area contributed by atoms with E-state index in [1.165, 1.54) is 32.1 Å². The molecular formula is C21H30N4O2. The van der Waals surface area contributed by atoms with Crippen LogP contribution < -0.4 is 0 Å². The van der Waals surface area contributed by atoms with E-state index in [0.717, 1.165) is 19.3 Å². The van der Waals surface area contributed by atoms with Crippen LogP contribution in [0.5, 0.6) is 0 Å². The maximum absolute atomic E-state index is 9.92. The smallest absolute Gasteiger partial charge is 0.214 e. The molecule has 0 aromatic carbocycles. The highest BCUT2D eigenvalue weighted by molar-refractivity contribution is 5.89. The van der Waals surface area contributed by atoms with Gasteiger partial charge in [0.2, 0.25) is 11.7 Å². The molecule has 1 N–H and O–H groups in total. The van der Waals surface area contributed by atoms with Crippen molar-refractivity contribution in [1.82, 2.24) is 0 Å². The van der Waals surface area contributed by atoms with E-state index < -0.39 is 28.6 Å². The van der Waals surface area contributed by atoms with Gasteiger partial charge in [0.1, 0.15) is 0 Å². The number of nitrogens with one attached hydrogen (secondary N) is 1. The van der Waals surface area contributed by atoms with Crippen LogP contribution in [-0.4, -0.2) is 17.8 Å². The van der Waals surface area contributed by atoms with Gasteiger partial charge in [-0.25, -0.2) is 0 Å². The second-order valence-electron chi connectivity index (χ2n) is 7.99. The van der Waals surface area contributed by atoms with Crippen LogP contribution in [0.4, 0.5) is 0 Å². The Bertz CT molecular complexity index is 672. The van der Waals surface area contributed by atoms with E-state index >= 15 is 0 Å². The number of nitrogens with zero attached hydrogens (tertiary/aromatic N) is 3. The summed E-state index contributed by atoms with van der Waals surface area (Å²) < 4.78 is 11.7. The van der Waals surface area contributed by atoms with Crippen molar-refractivity contribution >= 4 is 5.90 Å². The van der Waals surface area contributed by atoms with Crippen LogP contribution in [-0.2, 0) is 9.47 Å². The molecule has 27 heavy (non-hydrogen) atoms. The van der Waals surface area contributed by atoms with Gasteiger partial charge in [0.25, 0.3) is 0 Å². The summed E-state index contributed by atoms with van der Waals surface area (Å²) in [6, 6.07) is 6.23. The number of unbranched alkanes of at least 4 members (excludes halogenated alkanes) is 7. The fourth-order valence-electron chi connectivity index (χ4n) is 4.55. The molecule has 2 aliphatic rings. The molecule has 4 atom stereocenters. The van der Waals surface area contributed by atoms with Crippen LogP contribution in [0.15, 0.2) is 0 Å². The predicted octanol–water partition coefficient (Wildman–Crippen LogP) is 4.82. The van der Waals surface area contributed by atoms with Crippen molar-refractivity contribution in [2.45, 2.75) is 90.4 Å². The van der Waals surface area contributed by atoms with Crippen molar-refractivity contribution in [3.05, 3.63) is 0 Å². The van der Waals surface area contributed by atoms with E-state index in [9.17, 15) is 15.8 Å². The molecule has 0 aromatic rings. The molecule has 0 spiro atoms. The van der Waals surface area contributed by atoms with Gasteiger partial charge in [-0.3, -0.25) is 5.41 Å². The Hall–Kier alpha value is -2.10. The Morgan fingerprint density at radius 2 is 1.52 bits per heavy atom. The standard InChI is InChI=1S/C21H30N4O2/c1-4-5-6-7-8-9-10-11-12-17-20(13-22,14-23)21(15-24)16(2)19(3,26-17)27-18(21)25/h16-17,25H,4-12H2,1-3H3. The molecule has 2 saturated heterocycles. The zero-order chi connectivity index (χ0) is 20.1. The Balaban J connectivity index is 2.09. The molecule has 2 fully saturated rings. The van der Waals surface area contributed by atoms with Gasteiger partial charge in [0.15, 0.2) is 10.8 Å². The van der Waals surface area contributed by atoms with Crippen LogP contribution in [0.3, 0.4) is 0 Å². The Morgan fingerprint density at radius 1 is 0.963 bits per heavy atom. The van der Waals surface area contributed by atoms with Gasteiger partial charge in [-0.1, -0.05) is 65.2 Å². The summed E-state index contributed by atoms with van der Waals surface area (Å²) in [6.07, 6.45) is 8.94. The van der Waals surface area contributed by atoms with Crippen molar-refractivity contribution in [3.8, 4) is 18.2 Å². The van der Waals surface area contributed by atoms with Crippen molar-refractivity contribution in [2.24, 2.45) is 16.7 Å². The molecular weight excluding hydrogens is 340 g/mol. The van der Waals surface area contributed by atoms with Crippen molar-refractivity contribution < 1.29 is 9.47 Å². The molecule has 0 aliphatic carbocycles. The zero-order valence-electron chi connectivity index (χ0n) is 16.7. The lowest BCUT2D eigenvalue weighted by molar-refractivity contribution is -0.267. The zero-order valence-corrected chi connectivity index (χ0v) is 16.7. The van der Waals surface area contributed by atoms with E-state index in [1.54, 1.807) is 13.8 Å². The number of fused-ring (bicyclic) bond motifs is 2. The number of rotatable bonds is 9. The van der Waals surface area contributed by atoms with E-state index in [2.05, 4.69) is 25.1 Å². The summed E-state index contributed by atoms with van der Waals surface area (Å²) in [7, 11) is 0. The summed E-state index contributed by atoms with van der Waals surface area (Å²) in [5.74, 6) is -2.03. The average Bonchev–Trinajstić information content (AvgIpc) is 2.80. The Kier molecular flexibility index (Phi) is 6.50. The first-order valence-electron chi connectivity index (χ1n) is 10.1. The van der Waals surface area contributed by atoms with Gasteiger partial charge in [-0.05, 0) is 6.42 Å². The Labute approximate surface area is 162 Å². The van der Waals surface area contributed by atoms with E-state index in [0.29, 0.717) is 6.42 Å². The molecule has 4 unspecified atom stereocenters. The van der Waals surface area contributed by atoms with E-state index in [4.69, 9.17) is 14.9 Å². The van der Waals surface area contributed by atoms with Crippen molar-refractivity contribution in [1.29, 1.82) is 21.2 Å². The number of hydrogen-bond acceptors (Lipinski definition) is 6. The summed E-state index contributed by atoms with van der Waals surface area (Å²) in [4.78, 5) is 0. The lowest BCUT2D eigenvalue weighted by Gasteiger charge is -2.47. The summed E-state index contributed by atoms with van der Waals surface area (Å²) in [6.45, 7) is 5.62. The lowest BCUT2D eigenvalue weighted by Crippen LogP contribution is -2.61. The molecule has 0 saturated carbocycles. The summed E-state index contributed by atoms with van der Waals surface area (Å²) >= 11 is 0. The van der Waals surface area contributed by atoms with Gasteiger partial charge in [0.05, 0.1) is 30.2 Å². The minimum atomic E-state index is -1.73. The maximum Gasteiger partial charge on any atom is 0.214 e. The third-order valence-electron chi connectivity index (χ3n) is 6.43. The molecule has 0 aromatic heterocycles. The molecule has 2 aliphatic heterocycles. The van der Waals surface area contributed by atoms with Crippen LogP contribution in [0.1, 0.15) is 78.6 Å². The fraction of sp³-hybridized carbons (Fsp3) is 0.810. The largest absolute Gasteiger partial charge is 0.448 e. The molecule has 0 radical (unpaired) electrons.